The normalized spacial score (nSPS) is 10.7. The molecule has 1 heterocycles. The zero-order valence-corrected chi connectivity index (χ0v) is 13.5. The maximum atomic E-state index is 12.7. The van der Waals surface area contributed by atoms with Crippen LogP contribution < -0.4 is 0 Å². The van der Waals surface area contributed by atoms with Crippen molar-refractivity contribution in [2.75, 3.05) is 7.11 Å². The molecule has 23 heavy (non-hydrogen) atoms. The molecule has 0 aliphatic heterocycles. The summed E-state index contributed by atoms with van der Waals surface area (Å²) in [6, 6.07) is 7.62. The molecule has 0 atom stereocenters. The average molecular weight is 352 g/mol. The van der Waals surface area contributed by atoms with Crippen molar-refractivity contribution in [3.63, 3.8) is 0 Å². The van der Waals surface area contributed by atoms with Crippen molar-refractivity contribution in [1.82, 2.24) is 4.57 Å². The highest BCUT2D eigenvalue weighted by Crippen LogP contribution is 2.26. The van der Waals surface area contributed by atoms with Gasteiger partial charge in [-0.3, -0.25) is 14.2 Å². The third-order valence-electron chi connectivity index (χ3n) is 3.03. The molecule has 1 aromatic carbocycles. The Labute approximate surface area is 142 Å². The van der Waals surface area contributed by atoms with Crippen LogP contribution in [0, 0.1) is 0 Å². The number of hydrogen-bond acceptors (Lipinski definition) is 4. The molecule has 1 aromatic heterocycles. The Morgan fingerprint density at radius 2 is 1.70 bits per heavy atom. The number of carbonyl (C=O) groups is 3. The summed E-state index contributed by atoms with van der Waals surface area (Å²) in [5.41, 5.74) is 0.497. The molecule has 0 spiro atoms. The molecular formula is C16H11Cl2NO4. The van der Waals surface area contributed by atoms with Crippen molar-refractivity contribution in [2.24, 2.45) is 0 Å². The van der Waals surface area contributed by atoms with E-state index >= 15 is 0 Å². The quantitative estimate of drug-likeness (QED) is 0.480. The molecule has 0 aliphatic carbocycles. The van der Waals surface area contributed by atoms with Gasteiger partial charge in [-0.2, -0.15) is 0 Å². The van der Waals surface area contributed by atoms with E-state index in [1.165, 1.54) is 37.5 Å². The van der Waals surface area contributed by atoms with Crippen LogP contribution in [0.4, 0.5) is 0 Å². The Morgan fingerprint density at radius 1 is 1.09 bits per heavy atom. The molecule has 0 saturated heterocycles. The fourth-order valence-corrected chi connectivity index (χ4v) is 2.52. The number of carbonyl (C=O) groups excluding carboxylic acids is 3. The average Bonchev–Trinajstić information content (AvgIpc) is 2.95. The number of halogens is 2. The van der Waals surface area contributed by atoms with Crippen LogP contribution in [0.15, 0.2) is 36.4 Å². The summed E-state index contributed by atoms with van der Waals surface area (Å²) in [6.07, 6.45) is 3.03. The molecule has 0 unspecified atom stereocenters. The lowest BCUT2D eigenvalue weighted by molar-refractivity contribution is -0.134. The molecule has 0 bridgehead atoms. The summed E-state index contributed by atoms with van der Waals surface area (Å²) in [6.45, 7) is 0. The molecule has 0 saturated carbocycles. The van der Waals surface area contributed by atoms with Crippen LogP contribution in [-0.2, 0) is 9.53 Å². The minimum Gasteiger partial charge on any atom is -0.466 e. The lowest BCUT2D eigenvalue weighted by atomic mass is 10.2. The van der Waals surface area contributed by atoms with Gasteiger partial charge >= 0.3 is 5.97 Å². The van der Waals surface area contributed by atoms with Gasteiger partial charge in [0, 0.05) is 11.8 Å². The van der Waals surface area contributed by atoms with E-state index in [2.05, 4.69) is 4.74 Å². The van der Waals surface area contributed by atoms with Crippen molar-refractivity contribution < 1.29 is 19.1 Å². The summed E-state index contributed by atoms with van der Waals surface area (Å²) in [4.78, 5) is 35.1. The minimum absolute atomic E-state index is 0.0721. The molecule has 0 N–H and O–H groups in total. The zero-order valence-electron chi connectivity index (χ0n) is 12.0. The van der Waals surface area contributed by atoms with Crippen LogP contribution in [0.3, 0.4) is 0 Å². The molecule has 118 valence electrons. The molecular weight excluding hydrogens is 341 g/mol. The van der Waals surface area contributed by atoms with Gasteiger partial charge in [-0.25, -0.2) is 4.79 Å². The Hall–Kier alpha value is -2.37. The number of hydrogen-bond donors (Lipinski definition) is 0. The Balaban J connectivity index is 2.55. The Kier molecular flexibility index (Phi) is 5.36. The highest BCUT2D eigenvalue weighted by atomic mass is 35.5. The molecule has 7 heteroatoms. The summed E-state index contributed by atoms with van der Waals surface area (Å²) >= 11 is 12.1. The van der Waals surface area contributed by atoms with Crippen LogP contribution in [0.1, 0.15) is 26.5 Å². The van der Waals surface area contributed by atoms with Gasteiger partial charge in [0.05, 0.1) is 28.4 Å². The molecule has 2 aromatic rings. The number of aromatic nitrogens is 1. The molecule has 0 amide bonds. The van der Waals surface area contributed by atoms with Crippen molar-refractivity contribution >= 4 is 47.4 Å². The number of esters is 1. The number of benzene rings is 1. The van der Waals surface area contributed by atoms with E-state index in [1.807, 2.05) is 0 Å². The summed E-state index contributed by atoms with van der Waals surface area (Å²) < 4.78 is 5.62. The number of nitrogens with zero attached hydrogens (tertiary/aromatic N) is 1. The van der Waals surface area contributed by atoms with Crippen LogP contribution >= 0.6 is 23.2 Å². The van der Waals surface area contributed by atoms with Crippen molar-refractivity contribution in [2.45, 2.75) is 0 Å². The van der Waals surface area contributed by atoms with E-state index < -0.39 is 11.9 Å². The number of ether oxygens (including phenoxy) is 1. The van der Waals surface area contributed by atoms with Gasteiger partial charge in [0.2, 0.25) is 0 Å². The summed E-state index contributed by atoms with van der Waals surface area (Å²) in [5.74, 6) is -1.16. The van der Waals surface area contributed by atoms with E-state index in [0.717, 1.165) is 10.6 Å². The second-order valence-corrected chi connectivity index (χ2v) is 5.21. The predicted octanol–water partition coefficient (Wildman–Crippen LogP) is 3.48. The molecule has 0 fully saturated rings. The largest absolute Gasteiger partial charge is 0.466 e. The predicted molar refractivity (Wildman–Crippen MR) is 87.1 cm³/mol. The first-order chi connectivity index (χ1) is 11.0. The van der Waals surface area contributed by atoms with Crippen LogP contribution in [0.25, 0.3) is 6.08 Å². The van der Waals surface area contributed by atoms with Gasteiger partial charge in [-0.15, -0.1) is 0 Å². The zero-order chi connectivity index (χ0) is 17.0. The summed E-state index contributed by atoms with van der Waals surface area (Å²) in [7, 11) is 1.23. The fraction of sp³-hybridized carbons (Fsp3) is 0.0625. The smallest absolute Gasteiger partial charge is 0.330 e. The second-order valence-electron chi connectivity index (χ2n) is 4.39. The molecule has 5 nitrogen and oxygen atoms in total. The van der Waals surface area contributed by atoms with Gasteiger partial charge < -0.3 is 4.74 Å². The van der Waals surface area contributed by atoms with Crippen LogP contribution in [0.5, 0.6) is 0 Å². The van der Waals surface area contributed by atoms with E-state index in [-0.39, 0.29) is 21.3 Å². The monoisotopic (exact) mass is 351 g/mol. The van der Waals surface area contributed by atoms with Crippen molar-refractivity contribution in [3.05, 3.63) is 63.4 Å². The van der Waals surface area contributed by atoms with E-state index in [1.54, 1.807) is 6.07 Å². The maximum Gasteiger partial charge on any atom is 0.330 e. The van der Waals surface area contributed by atoms with Crippen LogP contribution in [0.2, 0.25) is 10.0 Å². The first-order valence-electron chi connectivity index (χ1n) is 6.41. The van der Waals surface area contributed by atoms with Gasteiger partial charge in [0.25, 0.3) is 5.91 Å². The van der Waals surface area contributed by atoms with Gasteiger partial charge in [0.15, 0.2) is 6.29 Å². The van der Waals surface area contributed by atoms with E-state index in [9.17, 15) is 14.4 Å². The SMILES string of the molecule is COC(=O)/C=C/c1ccc(C=O)n1C(=O)c1c(Cl)cccc1Cl. The van der Waals surface area contributed by atoms with Crippen molar-refractivity contribution in [1.29, 1.82) is 0 Å². The van der Waals surface area contributed by atoms with Crippen LogP contribution in [-0.4, -0.2) is 29.8 Å². The molecule has 2 rings (SSSR count). The van der Waals surface area contributed by atoms with Gasteiger partial charge in [-0.1, -0.05) is 29.3 Å². The third kappa shape index (κ3) is 3.52. The van der Waals surface area contributed by atoms with Gasteiger partial charge in [-0.05, 0) is 30.3 Å². The van der Waals surface area contributed by atoms with E-state index in [4.69, 9.17) is 23.2 Å². The van der Waals surface area contributed by atoms with Crippen molar-refractivity contribution in [3.8, 4) is 0 Å². The lowest BCUT2D eigenvalue weighted by Gasteiger charge is -2.10. The fourth-order valence-electron chi connectivity index (χ4n) is 1.96. The first kappa shape index (κ1) is 17.0. The third-order valence-corrected chi connectivity index (χ3v) is 3.66. The standard InChI is InChI=1S/C16H11Cl2NO4/c1-23-14(21)8-7-10-5-6-11(9-20)19(10)16(22)15-12(17)3-2-4-13(15)18/h2-9H,1H3/b8-7+. The second kappa shape index (κ2) is 7.26. The maximum absolute atomic E-state index is 12.7. The highest BCUT2D eigenvalue weighted by molar-refractivity contribution is 6.39. The van der Waals surface area contributed by atoms with E-state index in [0.29, 0.717) is 12.0 Å². The number of aldehydes is 1. The molecule has 0 radical (unpaired) electrons. The Morgan fingerprint density at radius 3 is 2.26 bits per heavy atom. The first-order valence-corrected chi connectivity index (χ1v) is 7.17. The highest BCUT2D eigenvalue weighted by Gasteiger charge is 2.20. The topological polar surface area (TPSA) is 65.4 Å². The molecule has 0 aliphatic rings. The number of rotatable bonds is 4. The Bertz CT molecular complexity index is 788. The number of methoxy groups -OCH3 is 1. The minimum atomic E-state index is -0.589. The summed E-state index contributed by atoms with van der Waals surface area (Å²) in [5, 5.41) is 0.326. The lowest BCUT2D eigenvalue weighted by Crippen LogP contribution is -2.17. The van der Waals surface area contributed by atoms with Gasteiger partial charge in [0.1, 0.15) is 0 Å².